The molecule has 0 atom stereocenters. The molecule has 0 aliphatic rings. The van der Waals surface area contributed by atoms with Crippen LogP contribution < -0.4 is 15.4 Å². The molecule has 0 aliphatic carbocycles. The molecular weight excluding hydrogens is 478 g/mol. The number of nitrogens with one attached hydrogen (secondary N) is 2. The Kier molecular flexibility index (Phi) is 7.49. The SMILES string of the molecule is Cc1ccccc1NC(=O)CSc1nc2ccc(NC(=O)COc3ccc(Cl)cc3)cc2s1. The highest BCUT2D eigenvalue weighted by atomic mass is 35.5. The van der Waals surface area contributed by atoms with Gasteiger partial charge in [0.2, 0.25) is 5.91 Å². The van der Waals surface area contributed by atoms with Crippen molar-refractivity contribution in [2.45, 2.75) is 11.3 Å². The number of hydrogen-bond donors (Lipinski definition) is 2. The predicted molar refractivity (Wildman–Crippen MR) is 136 cm³/mol. The van der Waals surface area contributed by atoms with Crippen LogP contribution in [-0.2, 0) is 9.59 Å². The summed E-state index contributed by atoms with van der Waals surface area (Å²) >= 11 is 8.71. The van der Waals surface area contributed by atoms with Gasteiger partial charge < -0.3 is 15.4 Å². The van der Waals surface area contributed by atoms with Crippen LogP contribution in [0.2, 0.25) is 5.02 Å². The van der Waals surface area contributed by atoms with E-state index in [1.807, 2.05) is 43.3 Å². The summed E-state index contributed by atoms with van der Waals surface area (Å²) in [5, 5.41) is 6.35. The molecule has 3 aromatic carbocycles. The van der Waals surface area contributed by atoms with Crippen LogP contribution >= 0.6 is 34.7 Å². The topological polar surface area (TPSA) is 80.3 Å². The van der Waals surface area contributed by atoms with Crippen LogP contribution in [0.15, 0.2) is 71.1 Å². The highest BCUT2D eigenvalue weighted by Gasteiger charge is 2.11. The molecule has 168 valence electrons. The van der Waals surface area contributed by atoms with E-state index in [2.05, 4.69) is 15.6 Å². The Hall–Kier alpha value is -3.07. The Morgan fingerprint density at radius 2 is 1.82 bits per heavy atom. The molecule has 4 rings (SSSR count). The van der Waals surface area contributed by atoms with Crippen molar-refractivity contribution in [3.8, 4) is 5.75 Å². The fraction of sp³-hybridized carbons (Fsp3) is 0.125. The number of fused-ring (bicyclic) bond motifs is 1. The third-order valence-corrected chi connectivity index (χ3v) is 7.00. The van der Waals surface area contributed by atoms with Crippen molar-refractivity contribution < 1.29 is 14.3 Å². The molecule has 0 radical (unpaired) electrons. The Bertz CT molecular complexity index is 1290. The minimum atomic E-state index is -0.267. The zero-order valence-corrected chi connectivity index (χ0v) is 20.0. The molecule has 4 aromatic rings. The van der Waals surface area contributed by atoms with Gasteiger partial charge in [0, 0.05) is 16.4 Å². The van der Waals surface area contributed by atoms with E-state index < -0.39 is 0 Å². The zero-order valence-electron chi connectivity index (χ0n) is 17.6. The maximum atomic E-state index is 12.3. The Morgan fingerprint density at radius 3 is 2.61 bits per heavy atom. The summed E-state index contributed by atoms with van der Waals surface area (Å²) in [6, 6.07) is 20.0. The minimum absolute atomic E-state index is 0.0813. The van der Waals surface area contributed by atoms with Gasteiger partial charge in [-0.1, -0.05) is 41.6 Å². The number of nitrogens with zero attached hydrogens (tertiary/aromatic N) is 1. The molecule has 1 heterocycles. The van der Waals surface area contributed by atoms with E-state index in [4.69, 9.17) is 16.3 Å². The number of thioether (sulfide) groups is 1. The summed E-state index contributed by atoms with van der Waals surface area (Å²) in [5.41, 5.74) is 3.30. The van der Waals surface area contributed by atoms with E-state index in [0.717, 1.165) is 25.8 Å². The molecule has 2 N–H and O–H groups in total. The number of aromatic nitrogens is 1. The maximum absolute atomic E-state index is 12.3. The molecule has 6 nitrogen and oxygen atoms in total. The van der Waals surface area contributed by atoms with E-state index in [-0.39, 0.29) is 24.2 Å². The molecule has 0 saturated carbocycles. The number of anilines is 2. The van der Waals surface area contributed by atoms with Crippen LogP contribution in [0.1, 0.15) is 5.56 Å². The van der Waals surface area contributed by atoms with Gasteiger partial charge in [0.05, 0.1) is 16.0 Å². The summed E-state index contributed by atoms with van der Waals surface area (Å²) in [7, 11) is 0. The molecule has 0 fully saturated rings. The number of para-hydroxylation sites is 1. The van der Waals surface area contributed by atoms with E-state index in [0.29, 0.717) is 16.5 Å². The smallest absolute Gasteiger partial charge is 0.262 e. The third kappa shape index (κ3) is 6.47. The van der Waals surface area contributed by atoms with Gasteiger partial charge in [-0.15, -0.1) is 11.3 Å². The fourth-order valence-electron chi connectivity index (χ4n) is 2.95. The monoisotopic (exact) mass is 497 g/mol. The van der Waals surface area contributed by atoms with Crippen molar-refractivity contribution in [3.63, 3.8) is 0 Å². The summed E-state index contributed by atoms with van der Waals surface area (Å²) in [5.74, 6) is 0.485. The first kappa shape index (κ1) is 23.1. The van der Waals surface area contributed by atoms with Crippen LogP contribution in [0.3, 0.4) is 0 Å². The van der Waals surface area contributed by atoms with Crippen molar-refractivity contribution in [3.05, 3.63) is 77.3 Å². The second-order valence-electron chi connectivity index (χ2n) is 7.10. The second kappa shape index (κ2) is 10.7. The van der Waals surface area contributed by atoms with Gasteiger partial charge in [-0.25, -0.2) is 4.98 Å². The molecule has 9 heteroatoms. The Morgan fingerprint density at radius 1 is 1.03 bits per heavy atom. The lowest BCUT2D eigenvalue weighted by molar-refractivity contribution is -0.118. The van der Waals surface area contributed by atoms with Crippen LogP contribution in [0, 0.1) is 6.92 Å². The maximum Gasteiger partial charge on any atom is 0.262 e. The van der Waals surface area contributed by atoms with Crippen molar-refractivity contribution in [1.29, 1.82) is 0 Å². The van der Waals surface area contributed by atoms with E-state index in [9.17, 15) is 9.59 Å². The van der Waals surface area contributed by atoms with E-state index in [1.54, 1.807) is 30.3 Å². The number of thiazole rings is 1. The molecule has 1 aromatic heterocycles. The first-order chi connectivity index (χ1) is 16.0. The number of amides is 2. The zero-order chi connectivity index (χ0) is 23.2. The van der Waals surface area contributed by atoms with Crippen molar-refractivity contribution in [1.82, 2.24) is 4.98 Å². The largest absolute Gasteiger partial charge is 0.484 e. The molecule has 0 saturated heterocycles. The highest BCUT2D eigenvalue weighted by Crippen LogP contribution is 2.31. The summed E-state index contributed by atoms with van der Waals surface area (Å²) in [4.78, 5) is 29.1. The number of carbonyl (C=O) groups is 2. The number of benzene rings is 3. The normalized spacial score (nSPS) is 10.7. The molecule has 0 spiro atoms. The molecular formula is C24H20ClN3O3S2. The van der Waals surface area contributed by atoms with Gasteiger partial charge in [-0.05, 0) is 61.0 Å². The molecule has 0 aliphatic heterocycles. The average Bonchev–Trinajstić information content (AvgIpc) is 3.21. The molecule has 0 bridgehead atoms. The molecule has 0 unspecified atom stereocenters. The molecule has 2 amide bonds. The lowest BCUT2D eigenvalue weighted by Gasteiger charge is -2.07. The van der Waals surface area contributed by atoms with Crippen molar-refractivity contribution >= 4 is 68.1 Å². The first-order valence-electron chi connectivity index (χ1n) is 10.0. The molecule has 33 heavy (non-hydrogen) atoms. The van der Waals surface area contributed by atoms with Gasteiger partial charge in [-0.3, -0.25) is 9.59 Å². The summed E-state index contributed by atoms with van der Waals surface area (Å²) in [6.07, 6.45) is 0. The van der Waals surface area contributed by atoms with Crippen LogP contribution in [-0.4, -0.2) is 29.2 Å². The Balaban J connectivity index is 1.31. The minimum Gasteiger partial charge on any atom is -0.484 e. The lowest BCUT2D eigenvalue weighted by Crippen LogP contribution is -2.20. The van der Waals surface area contributed by atoms with Gasteiger partial charge in [0.25, 0.3) is 5.91 Å². The third-order valence-electron chi connectivity index (χ3n) is 4.58. The first-order valence-corrected chi connectivity index (χ1v) is 12.2. The van der Waals surface area contributed by atoms with Crippen LogP contribution in [0.25, 0.3) is 10.2 Å². The number of ether oxygens (including phenoxy) is 1. The number of hydrogen-bond acceptors (Lipinski definition) is 6. The standard InChI is InChI=1S/C24H20ClN3O3S2/c1-15-4-2-3-5-19(15)27-23(30)14-32-24-28-20-11-8-17(12-21(20)33-24)26-22(29)13-31-18-9-6-16(25)7-10-18/h2-12H,13-14H2,1H3,(H,26,29)(H,27,30). The van der Waals surface area contributed by atoms with Gasteiger partial charge >= 0.3 is 0 Å². The fourth-order valence-corrected chi connectivity index (χ4v) is 4.98. The van der Waals surface area contributed by atoms with E-state index >= 15 is 0 Å². The predicted octanol–water partition coefficient (Wildman–Crippen LogP) is 6.01. The highest BCUT2D eigenvalue weighted by molar-refractivity contribution is 8.01. The van der Waals surface area contributed by atoms with Gasteiger partial charge in [0.1, 0.15) is 5.75 Å². The lowest BCUT2D eigenvalue weighted by atomic mass is 10.2. The number of aryl methyl sites for hydroxylation is 1. The Labute approximate surface area is 204 Å². The van der Waals surface area contributed by atoms with E-state index in [1.165, 1.54) is 23.1 Å². The van der Waals surface area contributed by atoms with Crippen LogP contribution in [0.5, 0.6) is 5.75 Å². The second-order valence-corrected chi connectivity index (χ2v) is 9.79. The van der Waals surface area contributed by atoms with Crippen molar-refractivity contribution in [2.75, 3.05) is 23.0 Å². The average molecular weight is 498 g/mol. The van der Waals surface area contributed by atoms with Crippen molar-refractivity contribution in [2.24, 2.45) is 0 Å². The summed E-state index contributed by atoms with van der Waals surface area (Å²) in [6.45, 7) is 1.84. The van der Waals surface area contributed by atoms with Gasteiger partial charge in [-0.2, -0.15) is 0 Å². The summed E-state index contributed by atoms with van der Waals surface area (Å²) < 4.78 is 7.18. The van der Waals surface area contributed by atoms with Crippen LogP contribution in [0.4, 0.5) is 11.4 Å². The quantitative estimate of drug-likeness (QED) is 0.291. The number of rotatable bonds is 8. The number of halogens is 1. The number of carbonyl (C=O) groups excluding carboxylic acids is 2. The van der Waals surface area contributed by atoms with Gasteiger partial charge in [0.15, 0.2) is 10.9 Å².